The summed E-state index contributed by atoms with van der Waals surface area (Å²) in [5, 5.41) is 0. The van der Waals surface area contributed by atoms with E-state index in [4.69, 9.17) is 0 Å². The lowest BCUT2D eigenvalue weighted by atomic mass is 10.2. The van der Waals surface area contributed by atoms with Crippen LogP contribution in [0.3, 0.4) is 0 Å². The lowest BCUT2D eigenvalue weighted by Gasteiger charge is -2.34. The van der Waals surface area contributed by atoms with Crippen molar-refractivity contribution >= 4 is 12.6 Å². The second-order valence-electron chi connectivity index (χ2n) is 4.47. The third kappa shape index (κ3) is 5.79. The van der Waals surface area contributed by atoms with Crippen LogP contribution in [0.15, 0.2) is 0 Å². The summed E-state index contributed by atoms with van der Waals surface area (Å²) >= 11 is 4.24. The molecule has 0 aromatic carbocycles. The summed E-state index contributed by atoms with van der Waals surface area (Å²) in [6, 6.07) is 0. The number of hydrogen-bond acceptors (Lipinski definition) is 3. The fourth-order valence-corrected chi connectivity index (χ4v) is 2.40. The Balaban J connectivity index is 1.99. The van der Waals surface area contributed by atoms with Crippen molar-refractivity contribution in [2.24, 2.45) is 0 Å². The van der Waals surface area contributed by atoms with Crippen LogP contribution in [0.2, 0.25) is 0 Å². The van der Waals surface area contributed by atoms with Gasteiger partial charge in [-0.2, -0.15) is 12.6 Å². The van der Waals surface area contributed by atoms with Crippen LogP contribution in [0.5, 0.6) is 0 Å². The van der Waals surface area contributed by atoms with Crippen LogP contribution in [0.1, 0.15) is 32.6 Å². The quantitative estimate of drug-likeness (QED) is 0.529. The van der Waals surface area contributed by atoms with Crippen molar-refractivity contribution in [2.45, 2.75) is 32.6 Å². The maximum Gasteiger partial charge on any atom is 0.0110 e. The van der Waals surface area contributed by atoms with E-state index in [1.807, 2.05) is 0 Å². The summed E-state index contributed by atoms with van der Waals surface area (Å²) < 4.78 is 0. The Morgan fingerprint density at radius 3 is 2.00 bits per heavy atom. The number of rotatable bonds is 7. The van der Waals surface area contributed by atoms with Crippen molar-refractivity contribution in [1.82, 2.24) is 9.80 Å². The summed E-state index contributed by atoms with van der Waals surface area (Å²) in [7, 11) is 0. The van der Waals surface area contributed by atoms with Gasteiger partial charge in [0.2, 0.25) is 0 Å². The van der Waals surface area contributed by atoms with Gasteiger partial charge in [-0.3, -0.25) is 0 Å². The van der Waals surface area contributed by atoms with Crippen molar-refractivity contribution in [1.29, 1.82) is 0 Å². The number of nitrogens with zero attached hydrogens (tertiary/aromatic N) is 2. The summed E-state index contributed by atoms with van der Waals surface area (Å²) in [6.45, 7) is 9.97. The molecule has 0 N–H and O–H groups in total. The summed E-state index contributed by atoms with van der Waals surface area (Å²) in [4.78, 5) is 5.20. The van der Waals surface area contributed by atoms with Gasteiger partial charge in [0.1, 0.15) is 0 Å². The molecular formula is C12H26N2S. The highest BCUT2D eigenvalue weighted by molar-refractivity contribution is 7.80. The molecule has 15 heavy (non-hydrogen) atoms. The van der Waals surface area contributed by atoms with E-state index in [9.17, 15) is 0 Å². The zero-order valence-corrected chi connectivity index (χ0v) is 11.0. The molecule has 1 saturated heterocycles. The van der Waals surface area contributed by atoms with E-state index < -0.39 is 0 Å². The van der Waals surface area contributed by atoms with E-state index in [1.54, 1.807) is 0 Å². The third-order valence-corrected chi connectivity index (χ3v) is 3.45. The second-order valence-corrected chi connectivity index (χ2v) is 4.91. The van der Waals surface area contributed by atoms with Crippen molar-refractivity contribution in [3.63, 3.8) is 0 Å². The van der Waals surface area contributed by atoms with Gasteiger partial charge in [-0.1, -0.05) is 13.3 Å². The van der Waals surface area contributed by atoms with E-state index >= 15 is 0 Å². The van der Waals surface area contributed by atoms with Crippen LogP contribution >= 0.6 is 12.6 Å². The molecule has 0 aliphatic carbocycles. The molecular weight excluding hydrogens is 204 g/mol. The van der Waals surface area contributed by atoms with Crippen LogP contribution < -0.4 is 0 Å². The Bertz CT molecular complexity index is 142. The van der Waals surface area contributed by atoms with E-state index in [1.165, 1.54) is 65.0 Å². The zero-order valence-electron chi connectivity index (χ0n) is 10.1. The van der Waals surface area contributed by atoms with Gasteiger partial charge < -0.3 is 9.80 Å². The first-order valence-corrected chi connectivity index (χ1v) is 7.05. The molecule has 0 amide bonds. The smallest absolute Gasteiger partial charge is 0.0110 e. The molecule has 1 aliphatic heterocycles. The van der Waals surface area contributed by atoms with Crippen LogP contribution in [-0.4, -0.2) is 54.8 Å². The molecule has 0 aromatic heterocycles. The molecule has 0 radical (unpaired) electrons. The van der Waals surface area contributed by atoms with E-state index in [2.05, 4.69) is 29.4 Å². The lowest BCUT2D eigenvalue weighted by molar-refractivity contribution is 0.131. The minimum atomic E-state index is 1.05. The van der Waals surface area contributed by atoms with Crippen LogP contribution in [0.4, 0.5) is 0 Å². The minimum Gasteiger partial charge on any atom is -0.301 e. The first-order chi connectivity index (χ1) is 7.36. The monoisotopic (exact) mass is 230 g/mol. The highest BCUT2D eigenvalue weighted by atomic mass is 32.1. The van der Waals surface area contributed by atoms with Crippen molar-refractivity contribution in [3.05, 3.63) is 0 Å². The van der Waals surface area contributed by atoms with Crippen LogP contribution in [-0.2, 0) is 0 Å². The third-order valence-electron chi connectivity index (χ3n) is 3.14. The molecule has 0 aromatic rings. The molecule has 1 heterocycles. The molecule has 1 aliphatic rings. The molecule has 0 bridgehead atoms. The summed E-state index contributed by atoms with van der Waals surface area (Å²) in [5.74, 6) is 1.05. The SMILES string of the molecule is CCCN1CCN(CCCCCS)CC1. The van der Waals surface area contributed by atoms with Crippen molar-refractivity contribution in [2.75, 3.05) is 45.0 Å². The molecule has 0 spiro atoms. The molecule has 1 rings (SSSR count). The highest BCUT2D eigenvalue weighted by Crippen LogP contribution is 2.05. The number of thiol groups is 1. The number of piperazine rings is 1. The average Bonchev–Trinajstić information content (AvgIpc) is 2.27. The van der Waals surface area contributed by atoms with E-state index in [0.717, 1.165) is 5.75 Å². The fraction of sp³-hybridized carbons (Fsp3) is 1.00. The first-order valence-electron chi connectivity index (χ1n) is 6.42. The molecule has 0 unspecified atom stereocenters. The molecule has 0 atom stereocenters. The van der Waals surface area contributed by atoms with E-state index in [0.29, 0.717) is 0 Å². The normalized spacial score (nSPS) is 19.6. The molecule has 2 nitrogen and oxygen atoms in total. The molecule has 1 fully saturated rings. The first kappa shape index (κ1) is 13.3. The zero-order chi connectivity index (χ0) is 10.9. The van der Waals surface area contributed by atoms with Gasteiger partial charge in [-0.15, -0.1) is 0 Å². The Kier molecular flexibility index (Phi) is 7.49. The van der Waals surface area contributed by atoms with Crippen molar-refractivity contribution < 1.29 is 0 Å². The standard InChI is InChI=1S/C12H26N2S/c1-2-6-13-8-10-14(11-9-13)7-4-3-5-12-15/h15H,2-12H2,1H3. The maximum absolute atomic E-state index is 4.24. The van der Waals surface area contributed by atoms with Gasteiger partial charge in [0, 0.05) is 26.2 Å². The van der Waals surface area contributed by atoms with E-state index in [-0.39, 0.29) is 0 Å². The maximum atomic E-state index is 4.24. The molecule has 3 heteroatoms. The Labute approximate surface area is 100 Å². The lowest BCUT2D eigenvalue weighted by Crippen LogP contribution is -2.46. The predicted molar refractivity (Wildman–Crippen MR) is 70.9 cm³/mol. The summed E-state index contributed by atoms with van der Waals surface area (Å²) in [5.41, 5.74) is 0. The van der Waals surface area contributed by atoms with Gasteiger partial charge in [-0.05, 0) is 38.1 Å². The number of unbranched alkanes of at least 4 members (excludes halogenated alkanes) is 2. The minimum absolute atomic E-state index is 1.05. The topological polar surface area (TPSA) is 6.48 Å². The largest absolute Gasteiger partial charge is 0.301 e. The van der Waals surface area contributed by atoms with Crippen LogP contribution in [0, 0.1) is 0 Å². The number of hydrogen-bond donors (Lipinski definition) is 1. The molecule has 0 saturated carbocycles. The summed E-state index contributed by atoms with van der Waals surface area (Å²) in [6.07, 6.45) is 5.27. The van der Waals surface area contributed by atoms with Crippen LogP contribution in [0.25, 0.3) is 0 Å². The second kappa shape index (κ2) is 8.43. The van der Waals surface area contributed by atoms with Gasteiger partial charge in [0.05, 0.1) is 0 Å². The Hall–Kier alpha value is 0.270. The highest BCUT2D eigenvalue weighted by Gasteiger charge is 2.14. The van der Waals surface area contributed by atoms with Gasteiger partial charge in [0.25, 0.3) is 0 Å². The Morgan fingerprint density at radius 2 is 1.47 bits per heavy atom. The van der Waals surface area contributed by atoms with Gasteiger partial charge >= 0.3 is 0 Å². The Morgan fingerprint density at radius 1 is 0.867 bits per heavy atom. The predicted octanol–water partition coefficient (Wildman–Crippen LogP) is 2.11. The molecule has 90 valence electrons. The average molecular weight is 230 g/mol. The van der Waals surface area contributed by atoms with Gasteiger partial charge in [0.15, 0.2) is 0 Å². The van der Waals surface area contributed by atoms with Crippen molar-refractivity contribution in [3.8, 4) is 0 Å². The van der Waals surface area contributed by atoms with Gasteiger partial charge in [-0.25, -0.2) is 0 Å². The fourth-order valence-electron chi connectivity index (χ4n) is 2.18.